The Morgan fingerprint density at radius 2 is 2.21 bits per heavy atom. The van der Waals surface area contributed by atoms with Crippen molar-refractivity contribution in [3.63, 3.8) is 0 Å². The first-order valence-electron chi connectivity index (χ1n) is 4.47. The number of fused-ring (bicyclic) bond motifs is 1. The van der Waals surface area contributed by atoms with Crippen LogP contribution < -0.4 is 4.74 Å². The van der Waals surface area contributed by atoms with Crippen LogP contribution in [0.1, 0.15) is 25.0 Å². The van der Waals surface area contributed by atoms with E-state index in [-0.39, 0.29) is 11.4 Å². The van der Waals surface area contributed by atoms with E-state index in [1.54, 1.807) is 6.07 Å². The van der Waals surface area contributed by atoms with Crippen molar-refractivity contribution in [1.82, 2.24) is 0 Å². The van der Waals surface area contributed by atoms with E-state index in [0.717, 1.165) is 12.0 Å². The first-order valence-corrected chi connectivity index (χ1v) is 4.47. The summed E-state index contributed by atoms with van der Waals surface area (Å²) in [7, 11) is 0. The number of rotatable bonds is 0. The van der Waals surface area contributed by atoms with Crippen LogP contribution in [-0.2, 0) is 6.42 Å². The second-order valence-corrected chi connectivity index (χ2v) is 4.13. The number of nitrogens with zero attached hydrogens (tertiary/aromatic N) is 1. The number of hydrogen-bond donors (Lipinski definition) is 1. The van der Waals surface area contributed by atoms with Gasteiger partial charge in [-0.2, -0.15) is 5.26 Å². The lowest BCUT2D eigenvalue weighted by Gasteiger charge is -2.17. The molecule has 1 heterocycles. The van der Waals surface area contributed by atoms with Crippen molar-refractivity contribution in [3.05, 3.63) is 23.3 Å². The van der Waals surface area contributed by atoms with E-state index in [2.05, 4.69) is 0 Å². The summed E-state index contributed by atoms with van der Waals surface area (Å²) < 4.78 is 5.57. The molecule has 0 spiro atoms. The minimum atomic E-state index is -0.284. The molecular weight excluding hydrogens is 178 g/mol. The molecule has 72 valence electrons. The zero-order valence-electron chi connectivity index (χ0n) is 8.16. The van der Waals surface area contributed by atoms with Crippen LogP contribution in [0.5, 0.6) is 11.5 Å². The van der Waals surface area contributed by atoms with Gasteiger partial charge in [-0.05, 0) is 19.9 Å². The molecule has 0 radical (unpaired) electrons. The van der Waals surface area contributed by atoms with Crippen LogP contribution in [0.2, 0.25) is 0 Å². The molecule has 0 bridgehead atoms. The maximum absolute atomic E-state index is 9.60. The highest BCUT2D eigenvalue weighted by molar-refractivity contribution is 5.54. The van der Waals surface area contributed by atoms with Gasteiger partial charge in [-0.15, -0.1) is 0 Å². The lowest BCUT2D eigenvalue weighted by molar-refractivity contribution is 0.134. The Hall–Kier alpha value is -1.69. The predicted molar refractivity (Wildman–Crippen MR) is 51.2 cm³/mol. The number of aromatic hydroxyl groups is 1. The van der Waals surface area contributed by atoms with Crippen LogP contribution in [0, 0.1) is 11.3 Å². The molecule has 1 aliphatic rings. The molecule has 0 saturated carbocycles. The summed E-state index contributed by atoms with van der Waals surface area (Å²) in [5, 5.41) is 18.3. The largest absolute Gasteiger partial charge is 0.504 e. The molecule has 0 fully saturated rings. The van der Waals surface area contributed by atoms with E-state index in [4.69, 9.17) is 10.00 Å². The Kier molecular flexibility index (Phi) is 1.68. The minimum Gasteiger partial charge on any atom is -0.504 e. The van der Waals surface area contributed by atoms with E-state index in [1.165, 1.54) is 6.07 Å². The van der Waals surface area contributed by atoms with Gasteiger partial charge in [-0.1, -0.05) is 0 Å². The van der Waals surface area contributed by atoms with Crippen molar-refractivity contribution in [2.45, 2.75) is 25.9 Å². The highest BCUT2D eigenvalue weighted by Crippen LogP contribution is 2.41. The normalized spacial score (nSPS) is 16.9. The quantitative estimate of drug-likeness (QED) is 0.678. The Labute approximate surface area is 82.6 Å². The molecule has 2 rings (SSSR count). The lowest BCUT2D eigenvalue weighted by atomic mass is 10.0. The summed E-state index contributed by atoms with van der Waals surface area (Å²) >= 11 is 0. The average molecular weight is 189 g/mol. The Morgan fingerprint density at radius 3 is 2.86 bits per heavy atom. The number of hydrogen-bond acceptors (Lipinski definition) is 3. The van der Waals surface area contributed by atoms with Crippen LogP contribution in [0.15, 0.2) is 12.1 Å². The van der Waals surface area contributed by atoms with Crippen LogP contribution in [0.4, 0.5) is 0 Å². The molecule has 0 aromatic heterocycles. The Bertz CT molecular complexity index is 430. The number of benzene rings is 1. The SMILES string of the molecule is CC1(C)Cc2cc(C#N)cc(O)c2O1. The number of phenols is 1. The smallest absolute Gasteiger partial charge is 0.165 e. The molecule has 1 aromatic carbocycles. The second kappa shape index (κ2) is 2.65. The number of nitriles is 1. The van der Waals surface area contributed by atoms with Crippen molar-refractivity contribution in [3.8, 4) is 17.6 Å². The molecule has 3 nitrogen and oxygen atoms in total. The summed E-state index contributed by atoms with van der Waals surface area (Å²) in [6.07, 6.45) is 0.728. The fraction of sp³-hybridized carbons (Fsp3) is 0.364. The van der Waals surface area contributed by atoms with Gasteiger partial charge in [0, 0.05) is 18.1 Å². The standard InChI is InChI=1S/C11H11NO2/c1-11(2)5-8-3-7(6-12)4-9(13)10(8)14-11/h3-4,13H,5H2,1-2H3. The first kappa shape index (κ1) is 8.89. The summed E-state index contributed by atoms with van der Waals surface area (Å²) in [5.41, 5.74) is 1.10. The molecule has 3 heteroatoms. The van der Waals surface area contributed by atoms with Gasteiger partial charge in [0.2, 0.25) is 0 Å². The third-order valence-electron chi connectivity index (χ3n) is 2.27. The topological polar surface area (TPSA) is 53.2 Å². The van der Waals surface area contributed by atoms with Gasteiger partial charge >= 0.3 is 0 Å². The Morgan fingerprint density at radius 1 is 1.50 bits per heavy atom. The predicted octanol–water partition coefficient (Wildman–Crippen LogP) is 1.98. The van der Waals surface area contributed by atoms with Crippen LogP contribution in [-0.4, -0.2) is 10.7 Å². The zero-order valence-corrected chi connectivity index (χ0v) is 8.16. The average Bonchev–Trinajstić information content (AvgIpc) is 2.40. The van der Waals surface area contributed by atoms with Gasteiger partial charge in [0.1, 0.15) is 5.60 Å². The van der Waals surface area contributed by atoms with Gasteiger partial charge in [0.05, 0.1) is 11.6 Å². The first-order chi connectivity index (χ1) is 6.52. The van der Waals surface area contributed by atoms with Crippen LogP contribution in [0.3, 0.4) is 0 Å². The summed E-state index contributed by atoms with van der Waals surface area (Å²) in [5.74, 6) is 0.582. The molecule has 0 aliphatic carbocycles. The highest BCUT2D eigenvalue weighted by atomic mass is 16.5. The van der Waals surface area contributed by atoms with Crippen molar-refractivity contribution in [2.75, 3.05) is 0 Å². The van der Waals surface area contributed by atoms with Gasteiger partial charge in [0.25, 0.3) is 0 Å². The molecule has 0 amide bonds. The highest BCUT2D eigenvalue weighted by Gasteiger charge is 2.32. The molecule has 0 unspecified atom stereocenters. The fourth-order valence-electron chi connectivity index (χ4n) is 1.76. The van der Waals surface area contributed by atoms with Crippen LogP contribution >= 0.6 is 0 Å². The summed E-state index contributed by atoms with van der Waals surface area (Å²) in [4.78, 5) is 0. The summed E-state index contributed by atoms with van der Waals surface area (Å²) in [6.45, 7) is 3.91. The van der Waals surface area contributed by atoms with Crippen LogP contribution in [0.25, 0.3) is 0 Å². The van der Waals surface area contributed by atoms with Gasteiger partial charge in [0.15, 0.2) is 11.5 Å². The molecule has 1 N–H and O–H groups in total. The molecule has 0 saturated heterocycles. The van der Waals surface area contributed by atoms with E-state index >= 15 is 0 Å². The third kappa shape index (κ3) is 1.29. The minimum absolute atomic E-state index is 0.0598. The van der Waals surface area contributed by atoms with Gasteiger partial charge in [-0.3, -0.25) is 0 Å². The maximum Gasteiger partial charge on any atom is 0.165 e. The number of ether oxygens (including phenoxy) is 1. The van der Waals surface area contributed by atoms with Crippen molar-refractivity contribution in [1.29, 1.82) is 5.26 Å². The van der Waals surface area contributed by atoms with E-state index < -0.39 is 0 Å². The molecule has 14 heavy (non-hydrogen) atoms. The Balaban J connectivity index is 2.54. The third-order valence-corrected chi connectivity index (χ3v) is 2.27. The van der Waals surface area contributed by atoms with E-state index in [0.29, 0.717) is 11.3 Å². The van der Waals surface area contributed by atoms with Gasteiger partial charge in [-0.25, -0.2) is 0 Å². The second-order valence-electron chi connectivity index (χ2n) is 4.13. The zero-order chi connectivity index (χ0) is 10.3. The number of phenolic OH excluding ortho intramolecular Hbond substituents is 1. The van der Waals surface area contributed by atoms with Crippen molar-refractivity contribution in [2.24, 2.45) is 0 Å². The fourth-order valence-corrected chi connectivity index (χ4v) is 1.76. The van der Waals surface area contributed by atoms with E-state index in [9.17, 15) is 5.11 Å². The maximum atomic E-state index is 9.60. The van der Waals surface area contributed by atoms with E-state index in [1.807, 2.05) is 19.9 Å². The summed E-state index contributed by atoms with van der Waals surface area (Å²) in [6, 6.07) is 5.21. The molecular formula is C11H11NO2. The molecule has 1 aromatic rings. The van der Waals surface area contributed by atoms with Crippen molar-refractivity contribution < 1.29 is 9.84 Å². The monoisotopic (exact) mass is 189 g/mol. The van der Waals surface area contributed by atoms with Gasteiger partial charge < -0.3 is 9.84 Å². The van der Waals surface area contributed by atoms with Crippen molar-refractivity contribution >= 4 is 0 Å². The molecule has 0 atom stereocenters. The molecule has 1 aliphatic heterocycles. The lowest BCUT2D eigenvalue weighted by Crippen LogP contribution is -2.24.